The summed E-state index contributed by atoms with van der Waals surface area (Å²) < 4.78 is 0. The van der Waals surface area contributed by atoms with Crippen LogP contribution < -0.4 is 21.7 Å². The van der Waals surface area contributed by atoms with E-state index in [0.717, 1.165) is 16.5 Å². The summed E-state index contributed by atoms with van der Waals surface area (Å²) in [5.74, 6) is -3.40. The Labute approximate surface area is 231 Å². The van der Waals surface area contributed by atoms with Crippen molar-refractivity contribution in [2.45, 2.75) is 70.3 Å². The smallest absolute Gasteiger partial charge is 0.328 e. The zero-order valence-electron chi connectivity index (χ0n) is 22.7. The Morgan fingerprint density at radius 3 is 2.25 bits per heavy atom. The standard InChI is InChI=1S/C27H37N7O6/c1-14(2)8-21(32-24(36)19(28)9-16-11-30-20-7-5-4-6-18(16)20)25(37)33-22(10-17-12-29-13-31-17)26(38)34-23(15(3)35)27(39)40/h4-7,11-15,19,21-23,30,35H,8-10,28H2,1-3H3,(H,29,31)(H,32,36)(H,33,37)(H,34,38)(H,39,40)/t15-,19+,21+,22+,23+/m1/s1. The molecule has 0 spiro atoms. The van der Waals surface area contributed by atoms with E-state index in [9.17, 15) is 29.4 Å². The van der Waals surface area contributed by atoms with Crippen molar-refractivity contribution in [2.24, 2.45) is 11.7 Å². The van der Waals surface area contributed by atoms with E-state index in [1.54, 1.807) is 6.20 Å². The summed E-state index contributed by atoms with van der Waals surface area (Å²) in [6.07, 6.45) is 3.76. The number of para-hydroxylation sites is 1. The van der Waals surface area contributed by atoms with E-state index in [2.05, 4.69) is 30.9 Å². The summed E-state index contributed by atoms with van der Waals surface area (Å²) in [4.78, 5) is 60.9. The lowest BCUT2D eigenvalue weighted by Gasteiger charge is -2.26. The van der Waals surface area contributed by atoms with Crippen LogP contribution in [0.15, 0.2) is 43.0 Å². The van der Waals surface area contributed by atoms with Crippen LogP contribution >= 0.6 is 0 Å². The van der Waals surface area contributed by atoms with Crippen molar-refractivity contribution < 1.29 is 29.4 Å². The lowest BCUT2D eigenvalue weighted by Crippen LogP contribution is -2.59. The molecule has 0 aliphatic carbocycles. The zero-order valence-corrected chi connectivity index (χ0v) is 22.7. The van der Waals surface area contributed by atoms with Gasteiger partial charge in [-0.2, -0.15) is 0 Å². The molecule has 3 rings (SSSR count). The third kappa shape index (κ3) is 8.13. The first kappa shape index (κ1) is 30.3. The number of carbonyl (C=O) groups excluding carboxylic acids is 3. The van der Waals surface area contributed by atoms with Gasteiger partial charge in [-0.15, -0.1) is 0 Å². The van der Waals surface area contributed by atoms with Gasteiger partial charge in [0, 0.05) is 35.4 Å². The molecule has 0 saturated carbocycles. The minimum Gasteiger partial charge on any atom is -0.480 e. The Morgan fingerprint density at radius 2 is 1.62 bits per heavy atom. The lowest BCUT2D eigenvalue weighted by molar-refractivity contribution is -0.145. The number of hydrogen-bond acceptors (Lipinski definition) is 7. The molecule has 13 nitrogen and oxygen atoms in total. The molecule has 3 aromatic rings. The van der Waals surface area contributed by atoms with E-state index in [-0.39, 0.29) is 25.2 Å². The largest absolute Gasteiger partial charge is 0.480 e. The fourth-order valence-corrected chi connectivity index (χ4v) is 4.35. The van der Waals surface area contributed by atoms with Gasteiger partial charge in [0.25, 0.3) is 0 Å². The van der Waals surface area contributed by atoms with Crippen molar-refractivity contribution in [3.8, 4) is 0 Å². The van der Waals surface area contributed by atoms with Crippen molar-refractivity contribution in [1.82, 2.24) is 30.9 Å². The van der Waals surface area contributed by atoms with Crippen LogP contribution in [0, 0.1) is 5.92 Å². The molecule has 3 amide bonds. The molecule has 0 aliphatic rings. The number of aliphatic hydroxyl groups excluding tert-OH is 1. The number of aliphatic carboxylic acids is 1. The summed E-state index contributed by atoms with van der Waals surface area (Å²) in [6, 6.07) is 2.89. The molecule has 0 bridgehead atoms. The van der Waals surface area contributed by atoms with Gasteiger partial charge in [-0.25, -0.2) is 9.78 Å². The van der Waals surface area contributed by atoms with E-state index in [1.165, 1.54) is 19.4 Å². The van der Waals surface area contributed by atoms with Crippen LogP contribution in [0.1, 0.15) is 38.4 Å². The third-order valence-electron chi connectivity index (χ3n) is 6.45. The third-order valence-corrected chi connectivity index (χ3v) is 6.45. The van der Waals surface area contributed by atoms with Gasteiger partial charge in [0.1, 0.15) is 12.1 Å². The molecular formula is C27H37N7O6. The predicted molar refractivity (Wildman–Crippen MR) is 147 cm³/mol. The summed E-state index contributed by atoms with van der Waals surface area (Å²) in [7, 11) is 0. The second kappa shape index (κ2) is 13.7. The first-order valence-corrected chi connectivity index (χ1v) is 13.1. The van der Waals surface area contributed by atoms with Crippen LogP contribution in [0.3, 0.4) is 0 Å². The first-order chi connectivity index (χ1) is 19.0. The predicted octanol–water partition coefficient (Wildman–Crippen LogP) is -0.0306. The van der Waals surface area contributed by atoms with Gasteiger partial charge < -0.3 is 41.9 Å². The summed E-state index contributed by atoms with van der Waals surface area (Å²) in [5, 5.41) is 27.7. The maximum atomic E-state index is 13.4. The molecule has 0 radical (unpaired) electrons. The number of imidazole rings is 1. The van der Waals surface area contributed by atoms with Gasteiger partial charge in [0.2, 0.25) is 17.7 Å². The Balaban J connectivity index is 1.73. The number of rotatable bonds is 14. The number of carboxylic acid groups (broad SMARTS) is 1. The number of amides is 3. The highest BCUT2D eigenvalue weighted by atomic mass is 16.4. The fraction of sp³-hybridized carbons (Fsp3) is 0.444. The second-order valence-corrected chi connectivity index (χ2v) is 10.3. The second-order valence-electron chi connectivity index (χ2n) is 10.3. The molecule has 0 saturated heterocycles. The normalized spacial score (nSPS) is 15.2. The maximum Gasteiger partial charge on any atom is 0.328 e. The highest BCUT2D eigenvalue weighted by Gasteiger charge is 2.32. The number of hydrogen-bond donors (Lipinski definition) is 8. The molecule has 13 heteroatoms. The zero-order chi connectivity index (χ0) is 29.4. The minimum atomic E-state index is -1.58. The molecule has 40 heavy (non-hydrogen) atoms. The maximum absolute atomic E-state index is 13.4. The summed E-state index contributed by atoms with van der Waals surface area (Å²) >= 11 is 0. The average molecular weight is 556 g/mol. The van der Waals surface area contributed by atoms with Crippen molar-refractivity contribution in [3.63, 3.8) is 0 Å². The van der Waals surface area contributed by atoms with Gasteiger partial charge in [-0.05, 0) is 37.3 Å². The number of aromatic amines is 2. The van der Waals surface area contributed by atoms with Gasteiger partial charge in [0.05, 0.1) is 18.5 Å². The minimum absolute atomic E-state index is 0.00686. The van der Waals surface area contributed by atoms with Crippen molar-refractivity contribution in [2.75, 3.05) is 0 Å². The highest BCUT2D eigenvalue weighted by Crippen LogP contribution is 2.19. The molecule has 2 aromatic heterocycles. The molecule has 216 valence electrons. The quantitative estimate of drug-likeness (QED) is 0.135. The Hall–Kier alpha value is -4.23. The summed E-state index contributed by atoms with van der Waals surface area (Å²) in [5.41, 5.74) is 8.51. The van der Waals surface area contributed by atoms with E-state index < -0.39 is 54.0 Å². The van der Waals surface area contributed by atoms with E-state index in [4.69, 9.17) is 5.73 Å². The van der Waals surface area contributed by atoms with Crippen LogP contribution in [0.2, 0.25) is 0 Å². The number of benzene rings is 1. The van der Waals surface area contributed by atoms with Gasteiger partial charge in [0.15, 0.2) is 6.04 Å². The average Bonchev–Trinajstić information content (AvgIpc) is 3.55. The van der Waals surface area contributed by atoms with Crippen molar-refractivity contribution in [3.05, 3.63) is 54.2 Å². The SMILES string of the molecule is CC(C)C[C@H](NC(=O)[C@@H](N)Cc1c[nH]c2ccccc12)C(=O)N[C@@H](Cc1cnc[nH]1)C(=O)N[C@H](C(=O)O)[C@@H](C)O. The number of nitrogens with zero attached hydrogens (tertiary/aromatic N) is 1. The first-order valence-electron chi connectivity index (χ1n) is 13.1. The van der Waals surface area contributed by atoms with Gasteiger partial charge >= 0.3 is 5.97 Å². The topological polar surface area (TPSA) is 215 Å². The molecule has 5 atom stereocenters. The monoisotopic (exact) mass is 555 g/mol. The lowest BCUT2D eigenvalue weighted by atomic mass is 10.0. The number of carboxylic acids is 1. The van der Waals surface area contributed by atoms with E-state index in [0.29, 0.717) is 5.69 Å². The van der Waals surface area contributed by atoms with Crippen LogP contribution in [0.25, 0.3) is 10.9 Å². The van der Waals surface area contributed by atoms with Crippen molar-refractivity contribution >= 4 is 34.6 Å². The molecule has 0 unspecified atom stereocenters. The van der Waals surface area contributed by atoms with E-state index in [1.807, 2.05) is 38.1 Å². The number of carbonyl (C=O) groups is 4. The highest BCUT2D eigenvalue weighted by molar-refractivity contribution is 5.94. The number of H-pyrrole nitrogens is 2. The molecule has 0 aliphatic heterocycles. The van der Waals surface area contributed by atoms with Gasteiger partial charge in [-0.3, -0.25) is 14.4 Å². The van der Waals surface area contributed by atoms with Crippen LogP contribution in [-0.4, -0.2) is 79.1 Å². The molecule has 1 aromatic carbocycles. The van der Waals surface area contributed by atoms with E-state index >= 15 is 0 Å². The number of nitrogens with two attached hydrogens (primary N) is 1. The Kier molecular flexibility index (Phi) is 10.4. The number of nitrogens with one attached hydrogen (secondary N) is 5. The Bertz CT molecular complexity index is 1300. The van der Waals surface area contributed by atoms with Crippen molar-refractivity contribution in [1.29, 1.82) is 0 Å². The number of aliphatic hydroxyl groups is 1. The molecule has 0 fully saturated rings. The summed E-state index contributed by atoms with van der Waals surface area (Å²) in [6.45, 7) is 5.00. The van der Waals surface area contributed by atoms with Crippen LogP contribution in [0.4, 0.5) is 0 Å². The van der Waals surface area contributed by atoms with Crippen LogP contribution in [-0.2, 0) is 32.0 Å². The fourth-order valence-electron chi connectivity index (χ4n) is 4.35. The molecule has 2 heterocycles. The number of fused-ring (bicyclic) bond motifs is 1. The Morgan fingerprint density at radius 1 is 0.950 bits per heavy atom. The molecule has 9 N–H and O–H groups in total. The van der Waals surface area contributed by atoms with Crippen LogP contribution in [0.5, 0.6) is 0 Å². The number of aromatic nitrogens is 3. The molecular weight excluding hydrogens is 518 g/mol. The van der Waals surface area contributed by atoms with Gasteiger partial charge in [-0.1, -0.05) is 32.0 Å².